The molecule has 1 atom stereocenters. The molecule has 2 aromatic carbocycles. The Labute approximate surface area is 209 Å². The molecule has 0 spiro atoms. The first kappa shape index (κ1) is 27.9. The number of halogens is 3. The third kappa shape index (κ3) is 7.58. The maximum Gasteiger partial charge on any atom is 0.244 e. The number of nitrogens with one attached hydrogen (secondary N) is 1. The van der Waals surface area contributed by atoms with Gasteiger partial charge in [-0.05, 0) is 48.7 Å². The second-order valence-electron chi connectivity index (χ2n) is 7.72. The number of rotatable bonds is 11. The van der Waals surface area contributed by atoms with Crippen molar-refractivity contribution < 1.29 is 22.4 Å². The Balaban J connectivity index is 2.46. The molecule has 11 heteroatoms. The third-order valence-electron chi connectivity index (χ3n) is 5.07. The second kappa shape index (κ2) is 12.4. The van der Waals surface area contributed by atoms with Gasteiger partial charge >= 0.3 is 0 Å². The largest absolute Gasteiger partial charge is 0.354 e. The van der Waals surface area contributed by atoms with Crippen molar-refractivity contribution in [3.63, 3.8) is 0 Å². The summed E-state index contributed by atoms with van der Waals surface area (Å²) >= 11 is 12.3. The van der Waals surface area contributed by atoms with Gasteiger partial charge < -0.3 is 10.2 Å². The van der Waals surface area contributed by atoms with E-state index in [4.69, 9.17) is 23.2 Å². The molecule has 2 aromatic rings. The molecule has 0 aromatic heterocycles. The maximum atomic E-state index is 13.8. The van der Waals surface area contributed by atoms with Gasteiger partial charge in [0.05, 0.1) is 11.9 Å². The standard InChI is InChI=1S/C23H28Cl2FN3O4S/c1-4-11-27-23(31)21(5-2)28(14-16-9-10-17(24)12-20(16)25)22(30)15-29(34(3,32)33)19-8-6-7-18(26)13-19/h6-10,12-13,21H,4-5,11,14-15H2,1-3H3,(H,27,31). The Morgan fingerprint density at radius 1 is 1.12 bits per heavy atom. The Hall–Kier alpha value is -2.36. The molecular weight excluding hydrogens is 504 g/mol. The van der Waals surface area contributed by atoms with E-state index in [9.17, 15) is 22.4 Å². The van der Waals surface area contributed by atoms with Gasteiger partial charge in [0.2, 0.25) is 21.8 Å². The summed E-state index contributed by atoms with van der Waals surface area (Å²) in [5.41, 5.74) is 0.543. The Morgan fingerprint density at radius 2 is 1.82 bits per heavy atom. The van der Waals surface area contributed by atoms with Gasteiger partial charge in [-0.3, -0.25) is 13.9 Å². The van der Waals surface area contributed by atoms with Crippen LogP contribution in [0.15, 0.2) is 42.5 Å². The number of anilines is 1. The molecule has 7 nitrogen and oxygen atoms in total. The summed E-state index contributed by atoms with van der Waals surface area (Å²) < 4.78 is 39.6. The Kier molecular flexibility index (Phi) is 10.1. The first-order valence-electron chi connectivity index (χ1n) is 10.7. The summed E-state index contributed by atoms with van der Waals surface area (Å²) in [5.74, 6) is -1.65. The van der Waals surface area contributed by atoms with E-state index in [0.29, 0.717) is 28.6 Å². The topological polar surface area (TPSA) is 86.8 Å². The fraction of sp³-hybridized carbons (Fsp3) is 0.391. The molecule has 0 bridgehead atoms. The van der Waals surface area contributed by atoms with Crippen LogP contribution in [0.1, 0.15) is 32.3 Å². The minimum absolute atomic E-state index is 0.00353. The summed E-state index contributed by atoms with van der Waals surface area (Å²) in [7, 11) is -3.94. The van der Waals surface area contributed by atoms with Crippen LogP contribution in [0.2, 0.25) is 10.0 Å². The van der Waals surface area contributed by atoms with Crippen molar-refractivity contribution >= 4 is 50.7 Å². The number of hydrogen-bond donors (Lipinski definition) is 1. The van der Waals surface area contributed by atoms with E-state index in [2.05, 4.69) is 5.32 Å². The van der Waals surface area contributed by atoms with Crippen LogP contribution in [0.25, 0.3) is 0 Å². The van der Waals surface area contributed by atoms with Gasteiger partial charge in [-0.25, -0.2) is 12.8 Å². The zero-order valence-electron chi connectivity index (χ0n) is 19.2. The van der Waals surface area contributed by atoms with Gasteiger partial charge in [0, 0.05) is 23.1 Å². The van der Waals surface area contributed by atoms with Crippen molar-refractivity contribution in [2.45, 2.75) is 39.3 Å². The average molecular weight is 532 g/mol. The molecule has 0 saturated heterocycles. The highest BCUT2D eigenvalue weighted by molar-refractivity contribution is 7.92. The predicted molar refractivity (Wildman–Crippen MR) is 133 cm³/mol. The first-order valence-corrected chi connectivity index (χ1v) is 13.3. The zero-order chi connectivity index (χ0) is 25.5. The van der Waals surface area contributed by atoms with Crippen molar-refractivity contribution in [1.82, 2.24) is 10.2 Å². The van der Waals surface area contributed by atoms with Crippen molar-refractivity contribution in [3.8, 4) is 0 Å². The first-order chi connectivity index (χ1) is 16.0. The molecule has 0 saturated carbocycles. The van der Waals surface area contributed by atoms with Crippen LogP contribution in [0.5, 0.6) is 0 Å². The zero-order valence-corrected chi connectivity index (χ0v) is 21.6. The summed E-state index contributed by atoms with van der Waals surface area (Å²) in [6.07, 6.45) is 1.92. The van der Waals surface area contributed by atoms with Gasteiger partial charge in [0.15, 0.2) is 0 Å². The van der Waals surface area contributed by atoms with E-state index in [0.717, 1.165) is 16.6 Å². The van der Waals surface area contributed by atoms with Gasteiger partial charge in [-0.15, -0.1) is 0 Å². The Bertz CT molecular complexity index is 1130. The SMILES string of the molecule is CCCNC(=O)C(CC)N(Cc1ccc(Cl)cc1Cl)C(=O)CN(c1cccc(F)c1)S(C)(=O)=O. The van der Waals surface area contributed by atoms with Gasteiger partial charge in [0.25, 0.3) is 0 Å². The molecule has 2 rings (SSSR count). The highest BCUT2D eigenvalue weighted by atomic mass is 35.5. The van der Waals surface area contributed by atoms with Crippen LogP contribution < -0.4 is 9.62 Å². The maximum absolute atomic E-state index is 13.8. The molecule has 0 aliphatic rings. The number of benzene rings is 2. The van der Waals surface area contributed by atoms with Gasteiger partial charge in [-0.2, -0.15) is 0 Å². The predicted octanol–water partition coefficient (Wildman–Crippen LogP) is 4.23. The number of carbonyl (C=O) groups is 2. The highest BCUT2D eigenvalue weighted by Crippen LogP contribution is 2.25. The number of hydrogen-bond acceptors (Lipinski definition) is 4. The fourth-order valence-electron chi connectivity index (χ4n) is 3.36. The highest BCUT2D eigenvalue weighted by Gasteiger charge is 2.32. The lowest BCUT2D eigenvalue weighted by Gasteiger charge is -2.33. The van der Waals surface area contributed by atoms with E-state index < -0.39 is 34.3 Å². The van der Waals surface area contributed by atoms with Crippen molar-refractivity contribution in [1.29, 1.82) is 0 Å². The summed E-state index contributed by atoms with van der Waals surface area (Å²) in [6, 6.07) is 8.84. The molecule has 0 heterocycles. The molecule has 1 unspecified atom stereocenters. The summed E-state index contributed by atoms with van der Waals surface area (Å²) in [4.78, 5) is 27.7. The quantitative estimate of drug-likeness (QED) is 0.469. The van der Waals surface area contributed by atoms with Crippen LogP contribution in [0, 0.1) is 5.82 Å². The molecule has 0 aliphatic carbocycles. The molecule has 0 fully saturated rings. The van der Waals surface area contributed by atoms with Gasteiger partial charge in [0.1, 0.15) is 18.4 Å². The summed E-state index contributed by atoms with van der Waals surface area (Å²) in [5, 5.41) is 3.50. The number of sulfonamides is 1. The summed E-state index contributed by atoms with van der Waals surface area (Å²) in [6.45, 7) is 3.41. The van der Waals surface area contributed by atoms with Crippen LogP contribution >= 0.6 is 23.2 Å². The lowest BCUT2D eigenvalue weighted by Crippen LogP contribution is -2.52. The van der Waals surface area contributed by atoms with Crippen molar-refractivity contribution in [3.05, 3.63) is 63.9 Å². The van der Waals surface area contributed by atoms with E-state index in [1.165, 1.54) is 29.2 Å². The molecular formula is C23H28Cl2FN3O4S. The Morgan fingerprint density at radius 3 is 2.38 bits per heavy atom. The molecule has 34 heavy (non-hydrogen) atoms. The monoisotopic (exact) mass is 531 g/mol. The van der Waals surface area contributed by atoms with Crippen LogP contribution in [0.4, 0.5) is 10.1 Å². The average Bonchev–Trinajstić information content (AvgIpc) is 2.76. The lowest BCUT2D eigenvalue weighted by molar-refractivity contribution is -0.140. The van der Waals surface area contributed by atoms with Crippen molar-refractivity contribution in [2.24, 2.45) is 0 Å². The fourth-order valence-corrected chi connectivity index (χ4v) is 4.67. The smallest absolute Gasteiger partial charge is 0.244 e. The van der Waals surface area contributed by atoms with Gasteiger partial charge in [-0.1, -0.05) is 49.2 Å². The molecule has 1 N–H and O–H groups in total. The van der Waals surface area contributed by atoms with Crippen LogP contribution in [-0.2, 0) is 26.2 Å². The third-order valence-corrected chi connectivity index (χ3v) is 6.79. The van der Waals surface area contributed by atoms with E-state index in [1.54, 1.807) is 19.1 Å². The second-order valence-corrected chi connectivity index (χ2v) is 10.5. The molecule has 186 valence electrons. The van der Waals surface area contributed by atoms with E-state index >= 15 is 0 Å². The normalized spacial score (nSPS) is 12.2. The number of nitrogens with zero attached hydrogens (tertiary/aromatic N) is 2. The van der Waals surface area contributed by atoms with E-state index in [1.807, 2.05) is 6.92 Å². The molecule has 0 radical (unpaired) electrons. The van der Waals surface area contributed by atoms with E-state index in [-0.39, 0.29) is 24.6 Å². The van der Waals surface area contributed by atoms with Crippen LogP contribution in [-0.4, -0.2) is 50.5 Å². The van der Waals surface area contributed by atoms with Crippen molar-refractivity contribution in [2.75, 3.05) is 23.7 Å². The number of amides is 2. The minimum atomic E-state index is -3.94. The minimum Gasteiger partial charge on any atom is -0.354 e. The lowest BCUT2D eigenvalue weighted by atomic mass is 10.1. The van der Waals surface area contributed by atoms with Crippen LogP contribution in [0.3, 0.4) is 0 Å². The molecule has 2 amide bonds. The number of carbonyl (C=O) groups excluding carboxylic acids is 2. The molecule has 0 aliphatic heterocycles.